The Morgan fingerprint density at radius 1 is 0.857 bits per heavy atom. The van der Waals surface area contributed by atoms with Crippen molar-refractivity contribution in [2.24, 2.45) is 5.73 Å². The zero-order valence-corrected chi connectivity index (χ0v) is 13.6. The molecule has 0 heterocycles. The van der Waals surface area contributed by atoms with Crippen molar-refractivity contribution in [1.29, 1.82) is 0 Å². The number of aliphatic carboxylic acids is 1. The number of rotatable bonds is 15. The van der Waals surface area contributed by atoms with Gasteiger partial charge < -0.3 is 10.8 Å². The topological polar surface area (TPSA) is 80.4 Å². The van der Waals surface area contributed by atoms with Crippen molar-refractivity contribution in [1.82, 2.24) is 0 Å². The molecule has 0 aliphatic carbocycles. The molecule has 21 heavy (non-hydrogen) atoms. The molecule has 0 bridgehead atoms. The number of carbonyl (C=O) groups excluding carboxylic acids is 1. The largest absolute Gasteiger partial charge is 0.481 e. The summed E-state index contributed by atoms with van der Waals surface area (Å²) in [5.74, 6) is -0.881. The number of carboxylic acid groups (broad SMARTS) is 1. The molecular formula is C17H33NO3. The van der Waals surface area contributed by atoms with Crippen molar-refractivity contribution in [3.63, 3.8) is 0 Å². The Balaban J connectivity index is 3.33. The molecule has 124 valence electrons. The normalized spacial score (nSPS) is 12.3. The predicted octanol–water partition coefficient (Wildman–Crippen LogP) is 4.06. The Kier molecular flexibility index (Phi) is 13.5. The second-order valence-electron chi connectivity index (χ2n) is 5.94. The summed E-state index contributed by atoms with van der Waals surface area (Å²) in [4.78, 5) is 22.1. The fourth-order valence-electron chi connectivity index (χ4n) is 2.41. The van der Waals surface area contributed by atoms with E-state index in [1.807, 2.05) is 0 Å². The fraction of sp³-hybridized carbons (Fsp3) is 0.882. The van der Waals surface area contributed by atoms with Crippen LogP contribution in [0, 0.1) is 0 Å². The van der Waals surface area contributed by atoms with Crippen LogP contribution in [0.3, 0.4) is 0 Å². The van der Waals surface area contributed by atoms with Crippen molar-refractivity contribution >= 4 is 11.8 Å². The van der Waals surface area contributed by atoms with E-state index in [9.17, 15) is 9.59 Å². The van der Waals surface area contributed by atoms with Crippen molar-refractivity contribution in [2.45, 2.75) is 96.4 Å². The minimum atomic E-state index is -0.891. The van der Waals surface area contributed by atoms with Gasteiger partial charge in [0.2, 0.25) is 0 Å². The Morgan fingerprint density at radius 3 is 1.81 bits per heavy atom. The lowest BCUT2D eigenvalue weighted by atomic mass is 10.0. The van der Waals surface area contributed by atoms with E-state index in [-0.39, 0.29) is 18.6 Å². The number of Topliss-reactive ketones (excluding diaryl/α,β-unsaturated/α-hetero) is 1. The van der Waals surface area contributed by atoms with Gasteiger partial charge in [-0.1, -0.05) is 64.7 Å². The Labute approximate surface area is 129 Å². The lowest BCUT2D eigenvalue weighted by molar-refractivity contribution is -0.137. The first-order chi connectivity index (χ1) is 10.1. The minimum Gasteiger partial charge on any atom is -0.481 e. The highest BCUT2D eigenvalue weighted by Crippen LogP contribution is 2.12. The maximum atomic E-state index is 11.7. The van der Waals surface area contributed by atoms with Crippen molar-refractivity contribution < 1.29 is 14.7 Å². The van der Waals surface area contributed by atoms with Gasteiger partial charge in [0, 0.05) is 12.8 Å². The minimum absolute atomic E-state index is 0.0100. The van der Waals surface area contributed by atoms with Gasteiger partial charge in [-0.05, 0) is 12.8 Å². The van der Waals surface area contributed by atoms with E-state index in [2.05, 4.69) is 6.92 Å². The number of unbranched alkanes of at least 4 members (excludes halogenated alkanes) is 9. The SMILES string of the molecule is CCCCCCCCCCCCC(=O)C(N)CCC(=O)O. The predicted molar refractivity (Wildman–Crippen MR) is 86.3 cm³/mol. The van der Waals surface area contributed by atoms with Gasteiger partial charge in [-0.15, -0.1) is 0 Å². The summed E-state index contributed by atoms with van der Waals surface area (Å²) in [6.45, 7) is 2.23. The van der Waals surface area contributed by atoms with E-state index < -0.39 is 12.0 Å². The van der Waals surface area contributed by atoms with Gasteiger partial charge in [0.1, 0.15) is 5.78 Å². The van der Waals surface area contributed by atoms with Crippen LogP contribution in [0.1, 0.15) is 90.4 Å². The number of carboxylic acids is 1. The summed E-state index contributed by atoms with van der Waals surface area (Å²) >= 11 is 0. The summed E-state index contributed by atoms with van der Waals surface area (Å²) in [7, 11) is 0. The smallest absolute Gasteiger partial charge is 0.303 e. The number of ketones is 1. The van der Waals surface area contributed by atoms with Gasteiger partial charge in [0.15, 0.2) is 0 Å². The quantitative estimate of drug-likeness (QED) is 0.447. The molecule has 0 aliphatic heterocycles. The second kappa shape index (κ2) is 14.1. The first-order valence-corrected chi connectivity index (χ1v) is 8.58. The first-order valence-electron chi connectivity index (χ1n) is 8.58. The Bertz CT molecular complexity index is 279. The lowest BCUT2D eigenvalue weighted by Gasteiger charge is -2.08. The van der Waals surface area contributed by atoms with Crippen LogP contribution in [0.4, 0.5) is 0 Å². The van der Waals surface area contributed by atoms with E-state index in [1.54, 1.807) is 0 Å². The standard InChI is InChI=1S/C17H33NO3/c1-2-3-4-5-6-7-8-9-10-11-12-16(19)15(18)13-14-17(20)21/h15H,2-14,18H2,1H3,(H,20,21). The maximum Gasteiger partial charge on any atom is 0.303 e. The molecule has 0 saturated carbocycles. The second-order valence-corrected chi connectivity index (χ2v) is 5.94. The van der Waals surface area contributed by atoms with Crippen molar-refractivity contribution in [3.05, 3.63) is 0 Å². The molecule has 0 radical (unpaired) electrons. The average Bonchev–Trinajstić information content (AvgIpc) is 2.46. The monoisotopic (exact) mass is 299 g/mol. The van der Waals surface area contributed by atoms with E-state index in [1.165, 1.54) is 51.4 Å². The van der Waals surface area contributed by atoms with Crippen LogP contribution < -0.4 is 5.73 Å². The molecule has 1 unspecified atom stereocenters. The summed E-state index contributed by atoms with van der Waals surface area (Å²) in [6, 6.07) is -0.598. The van der Waals surface area contributed by atoms with Gasteiger partial charge in [-0.2, -0.15) is 0 Å². The molecule has 4 heteroatoms. The molecule has 0 fully saturated rings. The number of carbonyl (C=O) groups is 2. The van der Waals surface area contributed by atoms with Gasteiger partial charge >= 0.3 is 5.97 Å². The molecule has 4 nitrogen and oxygen atoms in total. The first kappa shape index (κ1) is 20.1. The highest BCUT2D eigenvalue weighted by Gasteiger charge is 2.14. The van der Waals surface area contributed by atoms with Crippen LogP contribution in [-0.2, 0) is 9.59 Å². The molecule has 1 atom stereocenters. The molecule has 0 amide bonds. The average molecular weight is 299 g/mol. The van der Waals surface area contributed by atoms with Crippen LogP contribution >= 0.6 is 0 Å². The molecule has 0 spiro atoms. The highest BCUT2D eigenvalue weighted by atomic mass is 16.4. The van der Waals surface area contributed by atoms with E-state index in [0.29, 0.717) is 6.42 Å². The zero-order chi connectivity index (χ0) is 15.9. The van der Waals surface area contributed by atoms with Crippen LogP contribution in [0.25, 0.3) is 0 Å². The highest BCUT2D eigenvalue weighted by molar-refractivity contribution is 5.84. The molecule has 3 N–H and O–H groups in total. The van der Waals surface area contributed by atoms with Crippen LogP contribution in [-0.4, -0.2) is 22.9 Å². The molecule has 0 aromatic rings. The molecule has 0 aromatic heterocycles. The summed E-state index contributed by atoms with van der Waals surface area (Å²) in [5.41, 5.74) is 5.67. The Hall–Kier alpha value is -0.900. The molecule has 0 saturated heterocycles. The molecule has 0 aliphatic rings. The molecule has 0 rings (SSSR count). The van der Waals surface area contributed by atoms with Crippen LogP contribution in [0.2, 0.25) is 0 Å². The fourth-order valence-corrected chi connectivity index (χ4v) is 2.41. The third kappa shape index (κ3) is 13.8. The third-order valence-electron chi connectivity index (χ3n) is 3.86. The van der Waals surface area contributed by atoms with E-state index in [0.717, 1.165) is 12.8 Å². The van der Waals surface area contributed by atoms with Crippen molar-refractivity contribution in [3.8, 4) is 0 Å². The van der Waals surface area contributed by atoms with Gasteiger partial charge in [-0.3, -0.25) is 9.59 Å². The maximum absolute atomic E-state index is 11.7. The van der Waals surface area contributed by atoms with Crippen LogP contribution in [0.5, 0.6) is 0 Å². The lowest BCUT2D eigenvalue weighted by Crippen LogP contribution is -2.30. The number of hydrogen-bond donors (Lipinski definition) is 2. The van der Waals surface area contributed by atoms with E-state index in [4.69, 9.17) is 10.8 Å². The Morgan fingerprint density at radius 2 is 1.33 bits per heavy atom. The van der Waals surface area contributed by atoms with Gasteiger partial charge in [0.05, 0.1) is 6.04 Å². The van der Waals surface area contributed by atoms with Gasteiger partial charge in [-0.25, -0.2) is 0 Å². The summed E-state index contributed by atoms with van der Waals surface area (Å²) < 4.78 is 0. The van der Waals surface area contributed by atoms with Crippen LogP contribution in [0.15, 0.2) is 0 Å². The zero-order valence-electron chi connectivity index (χ0n) is 13.6. The van der Waals surface area contributed by atoms with E-state index >= 15 is 0 Å². The number of hydrogen-bond acceptors (Lipinski definition) is 3. The summed E-state index contributed by atoms with van der Waals surface area (Å²) in [5, 5.41) is 8.54. The molecule has 0 aromatic carbocycles. The van der Waals surface area contributed by atoms with Crippen molar-refractivity contribution in [2.75, 3.05) is 0 Å². The summed E-state index contributed by atoms with van der Waals surface area (Å²) in [6.07, 6.45) is 13.1. The van der Waals surface area contributed by atoms with Gasteiger partial charge in [0.25, 0.3) is 0 Å². The third-order valence-corrected chi connectivity index (χ3v) is 3.86. The molecular weight excluding hydrogens is 266 g/mol. The number of nitrogens with two attached hydrogens (primary N) is 1.